The first-order valence-corrected chi connectivity index (χ1v) is 8.56. The molecule has 0 saturated heterocycles. The second kappa shape index (κ2) is 6.33. The predicted octanol–water partition coefficient (Wildman–Crippen LogP) is 6.60. The third-order valence-electron chi connectivity index (χ3n) is 5.27. The summed E-state index contributed by atoms with van der Waals surface area (Å²) in [5.41, 5.74) is 4.05. The smallest absolute Gasteiger partial charge is 0.00676 e. The molecule has 0 aliphatic heterocycles. The third kappa shape index (κ3) is 3.45. The minimum atomic E-state index is 0.403. The van der Waals surface area contributed by atoms with Crippen molar-refractivity contribution in [3.05, 3.63) is 35.5 Å². The van der Waals surface area contributed by atoms with Gasteiger partial charge >= 0.3 is 0 Å². The molecule has 0 N–H and O–H groups in total. The molecule has 2 aliphatic carbocycles. The lowest BCUT2D eigenvalue weighted by Gasteiger charge is -2.48. The Morgan fingerprint density at radius 1 is 1.10 bits per heavy atom. The topological polar surface area (TPSA) is 0 Å². The Labute approximate surface area is 126 Å². The average Bonchev–Trinajstić information content (AvgIpc) is 2.37. The maximum Gasteiger partial charge on any atom is -0.00676 e. The molecule has 1 atom stereocenters. The van der Waals surface area contributed by atoms with Crippen molar-refractivity contribution in [2.45, 2.75) is 79.1 Å². The van der Waals surface area contributed by atoms with Crippen molar-refractivity contribution >= 4 is 0 Å². The van der Waals surface area contributed by atoms with Gasteiger partial charge in [-0.2, -0.15) is 0 Å². The van der Waals surface area contributed by atoms with Crippen molar-refractivity contribution in [1.29, 1.82) is 0 Å². The van der Waals surface area contributed by atoms with Crippen LogP contribution in [0.2, 0.25) is 0 Å². The highest BCUT2D eigenvalue weighted by Gasteiger charge is 2.42. The molecule has 0 aromatic heterocycles. The van der Waals surface area contributed by atoms with E-state index >= 15 is 0 Å². The van der Waals surface area contributed by atoms with Crippen LogP contribution < -0.4 is 0 Å². The summed E-state index contributed by atoms with van der Waals surface area (Å²) in [4.78, 5) is 0. The quantitative estimate of drug-likeness (QED) is 0.495. The van der Waals surface area contributed by atoms with Gasteiger partial charge in [0.25, 0.3) is 0 Å². The summed E-state index contributed by atoms with van der Waals surface area (Å²) in [6, 6.07) is 0. The molecule has 0 amide bonds. The van der Waals surface area contributed by atoms with Crippen LogP contribution in [-0.2, 0) is 0 Å². The second-order valence-corrected chi connectivity index (χ2v) is 7.69. The van der Waals surface area contributed by atoms with Crippen LogP contribution in [0.1, 0.15) is 79.1 Å². The van der Waals surface area contributed by atoms with Crippen molar-refractivity contribution in [2.75, 3.05) is 0 Å². The fourth-order valence-corrected chi connectivity index (χ4v) is 4.18. The van der Waals surface area contributed by atoms with Gasteiger partial charge in [-0.3, -0.25) is 0 Å². The van der Waals surface area contributed by atoms with Crippen LogP contribution in [0.25, 0.3) is 0 Å². The van der Waals surface area contributed by atoms with Crippen molar-refractivity contribution in [2.24, 2.45) is 10.8 Å². The Kier molecular flexibility index (Phi) is 4.94. The van der Waals surface area contributed by atoms with Gasteiger partial charge in [0.05, 0.1) is 0 Å². The van der Waals surface area contributed by atoms with Gasteiger partial charge in [-0.15, -0.1) is 0 Å². The van der Waals surface area contributed by atoms with Crippen molar-refractivity contribution in [3.8, 4) is 0 Å². The van der Waals surface area contributed by atoms with E-state index < -0.39 is 0 Å². The molecule has 0 heteroatoms. The molecule has 1 saturated carbocycles. The summed E-state index contributed by atoms with van der Waals surface area (Å²) >= 11 is 0. The van der Waals surface area contributed by atoms with E-state index in [9.17, 15) is 0 Å². The van der Waals surface area contributed by atoms with Crippen LogP contribution >= 0.6 is 0 Å². The molecule has 2 rings (SSSR count). The zero-order valence-corrected chi connectivity index (χ0v) is 14.0. The molecule has 0 aromatic rings. The van der Waals surface area contributed by atoms with E-state index in [-0.39, 0.29) is 0 Å². The lowest BCUT2D eigenvalue weighted by Crippen LogP contribution is -2.35. The van der Waals surface area contributed by atoms with Gasteiger partial charge in [0, 0.05) is 0 Å². The highest BCUT2D eigenvalue weighted by molar-refractivity contribution is 5.39. The maximum absolute atomic E-state index is 2.48. The molecule has 0 spiro atoms. The first kappa shape index (κ1) is 15.6. The summed E-state index contributed by atoms with van der Waals surface area (Å²) < 4.78 is 0. The van der Waals surface area contributed by atoms with Crippen LogP contribution in [0.15, 0.2) is 35.5 Å². The maximum atomic E-state index is 2.48. The number of hydrogen-bond acceptors (Lipinski definition) is 0. The van der Waals surface area contributed by atoms with Gasteiger partial charge in [-0.25, -0.2) is 0 Å². The molecule has 112 valence electrons. The summed E-state index contributed by atoms with van der Waals surface area (Å²) in [5.74, 6) is 0. The summed E-state index contributed by atoms with van der Waals surface area (Å²) in [7, 11) is 0. The fourth-order valence-electron chi connectivity index (χ4n) is 4.18. The Balaban J connectivity index is 2.04. The fraction of sp³-hybridized carbons (Fsp3) is 0.700. The first-order chi connectivity index (χ1) is 9.48. The monoisotopic (exact) mass is 272 g/mol. The summed E-state index contributed by atoms with van der Waals surface area (Å²) in [5, 5.41) is 0. The molecule has 0 aromatic carbocycles. The van der Waals surface area contributed by atoms with Crippen LogP contribution in [0.4, 0.5) is 0 Å². The second-order valence-electron chi connectivity index (χ2n) is 7.69. The number of unbranched alkanes of at least 4 members (excludes halogenated alkanes) is 3. The number of fused-ring (bicyclic) bond motifs is 1. The van der Waals surface area contributed by atoms with Crippen LogP contribution in [0.3, 0.4) is 0 Å². The number of allylic oxidation sites excluding steroid dienone is 6. The van der Waals surface area contributed by atoms with E-state index in [4.69, 9.17) is 0 Å². The van der Waals surface area contributed by atoms with E-state index in [1.165, 1.54) is 56.9 Å². The van der Waals surface area contributed by atoms with E-state index in [2.05, 4.69) is 52.0 Å². The average molecular weight is 272 g/mol. The third-order valence-corrected chi connectivity index (χ3v) is 5.27. The Hall–Kier alpha value is -0.780. The number of hydrogen-bond donors (Lipinski definition) is 0. The lowest BCUT2D eigenvalue weighted by atomic mass is 9.57. The molecule has 0 nitrogen and oxygen atoms in total. The van der Waals surface area contributed by atoms with E-state index in [0.717, 1.165) is 0 Å². The molecular weight excluding hydrogens is 240 g/mol. The highest BCUT2D eigenvalue weighted by atomic mass is 14.5. The predicted molar refractivity (Wildman–Crippen MR) is 89.8 cm³/mol. The lowest BCUT2D eigenvalue weighted by molar-refractivity contribution is 0.195. The van der Waals surface area contributed by atoms with Gasteiger partial charge in [0.2, 0.25) is 0 Å². The molecular formula is C20H32. The van der Waals surface area contributed by atoms with Gasteiger partial charge < -0.3 is 0 Å². The molecule has 2 aliphatic rings. The molecule has 0 radical (unpaired) electrons. The number of rotatable bonds is 5. The Morgan fingerprint density at radius 3 is 2.65 bits per heavy atom. The van der Waals surface area contributed by atoms with Crippen LogP contribution in [0.5, 0.6) is 0 Å². The molecule has 0 heterocycles. The molecule has 1 unspecified atom stereocenters. The molecule has 0 bridgehead atoms. The highest BCUT2D eigenvalue weighted by Crippen LogP contribution is 2.54. The van der Waals surface area contributed by atoms with Crippen LogP contribution in [-0.4, -0.2) is 0 Å². The van der Waals surface area contributed by atoms with Gasteiger partial charge in [-0.1, -0.05) is 76.8 Å². The SMILES string of the molecule is CCCCC/C=C\C1=CC=C2C(C)(C)CCCC2(C)C1. The van der Waals surface area contributed by atoms with Crippen molar-refractivity contribution in [3.63, 3.8) is 0 Å². The van der Waals surface area contributed by atoms with Gasteiger partial charge in [-0.05, 0) is 48.5 Å². The minimum Gasteiger partial charge on any atom is -0.0843 e. The summed E-state index contributed by atoms with van der Waals surface area (Å²) in [6.45, 7) is 9.61. The minimum absolute atomic E-state index is 0.403. The normalized spacial score (nSPS) is 29.0. The zero-order valence-electron chi connectivity index (χ0n) is 14.0. The largest absolute Gasteiger partial charge is 0.0843 e. The Morgan fingerprint density at radius 2 is 1.90 bits per heavy atom. The first-order valence-electron chi connectivity index (χ1n) is 8.56. The van der Waals surface area contributed by atoms with Crippen LogP contribution in [0, 0.1) is 10.8 Å². The van der Waals surface area contributed by atoms with Crippen molar-refractivity contribution in [1.82, 2.24) is 0 Å². The summed E-state index contributed by atoms with van der Waals surface area (Å²) in [6.07, 6.45) is 20.2. The zero-order chi connectivity index (χ0) is 14.6. The van der Waals surface area contributed by atoms with E-state index in [0.29, 0.717) is 10.8 Å². The standard InChI is InChI=1S/C20H32/c1-5-6-7-8-9-11-17-12-13-18-19(2,3)14-10-15-20(18,4)16-17/h9,11-13H,5-8,10,14-16H2,1-4H3/b11-9-. The molecule has 20 heavy (non-hydrogen) atoms. The Bertz CT molecular complexity index is 419. The van der Waals surface area contributed by atoms with Gasteiger partial charge in [0.1, 0.15) is 0 Å². The van der Waals surface area contributed by atoms with Crippen molar-refractivity contribution < 1.29 is 0 Å². The van der Waals surface area contributed by atoms with Gasteiger partial charge in [0.15, 0.2) is 0 Å². The van der Waals surface area contributed by atoms with E-state index in [1.54, 1.807) is 5.57 Å². The van der Waals surface area contributed by atoms with E-state index in [1.807, 2.05) is 0 Å². The molecule has 1 fully saturated rings.